The Morgan fingerprint density at radius 3 is 2.40 bits per heavy atom. The first kappa shape index (κ1) is 15.2. The fraction of sp³-hybridized carbons (Fsp3) is 0.625. The van der Waals surface area contributed by atoms with Crippen molar-refractivity contribution in [3.05, 3.63) is 29.8 Å². The Morgan fingerprint density at radius 1 is 1.15 bits per heavy atom. The van der Waals surface area contributed by atoms with Crippen LogP contribution in [0.1, 0.15) is 45.6 Å². The minimum atomic E-state index is -4.31. The van der Waals surface area contributed by atoms with Crippen molar-refractivity contribution in [3.8, 4) is 0 Å². The predicted octanol–water partition coefficient (Wildman–Crippen LogP) is 5.33. The monoisotopic (exact) mass is 285 g/mol. The van der Waals surface area contributed by atoms with E-state index >= 15 is 0 Å². The van der Waals surface area contributed by atoms with Gasteiger partial charge in [-0.05, 0) is 42.7 Å². The van der Waals surface area contributed by atoms with Gasteiger partial charge < -0.3 is 5.32 Å². The predicted molar refractivity (Wildman–Crippen MR) is 75.7 cm³/mol. The summed E-state index contributed by atoms with van der Waals surface area (Å²) in [5.41, 5.74) is -0.186. The van der Waals surface area contributed by atoms with Crippen molar-refractivity contribution in [2.24, 2.45) is 11.3 Å². The van der Waals surface area contributed by atoms with Crippen LogP contribution in [0.2, 0.25) is 0 Å². The summed E-state index contributed by atoms with van der Waals surface area (Å²) in [7, 11) is 0. The van der Waals surface area contributed by atoms with Crippen LogP contribution in [-0.2, 0) is 6.18 Å². The van der Waals surface area contributed by atoms with Gasteiger partial charge in [0.1, 0.15) is 0 Å². The number of benzene rings is 1. The molecule has 0 aliphatic heterocycles. The summed E-state index contributed by atoms with van der Waals surface area (Å²) in [6.45, 7) is 6.55. The molecule has 1 N–H and O–H groups in total. The second-order valence-corrected chi connectivity index (χ2v) is 6.80. The van der Waals surface area contributed by atoms with Crippen LogP contribution in [0.5, 0.6) is 0 Å². The number of para-hydroxylation sites is 1. The van der Waals surface area contributed by atoms with Gasteiger partial charge in [-0.3, -0.25) is 0 Å². The molecule has 0 aromatic heterocycles. The van der Waals surface area contributed by atoms with Crippen LogP contribution in [0.3, 0.4) is 0 Å². The summed E-state index contributed by atoms with van der Waals surface area (Å²) in [5, 5.41) is 3.12. The van der Waals surface area contributed by atoms with Crippen molar-refractivity contribution in [1.29, 1.82) is 0 Å². The number of alkyl halides is 3. The molecular formula is C16H22F3N. The van der Waals surface area contributed by atoms with E-state index in [9.17, 15) is 13.2 Å². The second kappa shape index (κ2) is 5.30. The lowest BCUT2D eigenvalue weighted by molar-refractivity contribution is -0.137. The average Bonchev–Trinajstić information content (AvgIpc) is 2.25. The topological polar surface area (TPSA) is 12.0 Å². The first-order valence-electron chi connectivity index (χ1n) is 7.10. The lowest BCUT2D eigenvalue weighted by Crippen LogP contribution is -2.36. The van der Waals surface area contributed by atoms with Gasteiger partial charge in [0.05, 0.1) is 5.56 Å². The van der Waals surface area contributed by atoms with Crippen LogP contribution in [0, 0.1) is 11.3 Å². The average molecular weight is 285 g/mol. The van der Waals surface area contributed by atoms with Gasteiger partial charge in [0.2, 0.25) is 0 Å². The smallest absolute Gasteiger partial charge is 0.382 e. The Balaban J connectivity index is 2.18. The molecule has 0 heterocycles. The van der Waals surface area contributed by atoms with Gasteiger partial charge >= 0.3 is 6.18 Å². The van der Waals surface area contributed by atoms with Crippen molar-refractivity contribution in [2.45, 2.75) is 52.3 Å². The van der Waals surface area contributed by atoms with Crippen LogP contribution in [0.4, 0.5) is 18.9 Å². The highest BCUT2D eigenvalue weighted by molar-refractivity contribution is 5.53. The molecule has 0 amide bonds. The molecule has 1 saturated carbocycles. The van der Waals surface area contributed by atoms with Gasteiger partial charge in [0, 0.05) is 11.7 Å². The van der Waals surface area contributed by atoms with E-state index in [-0.39, 0.29) is 17.1 Å². The summed E-state index contributed by atoms with van der Waals surface area (Å²) in [5.74, 6) is 0.536. The number of halogens is 3. The lowest BCUT2D eigenvalue weighted by atomic mass is 9.70. The second-order valence-electron chi connectivity index (χ2n) is 6.80. The molecule has 20 heavy (non-hydrogen) atoms. The summed E-state index contributed by atoms with van der Waals surface area (Å²) >= 11 is 0. The van der Waals surface area contributed by atoms with Crippen molar-refractivity contribution < 1.29 is 13.2 Å². The third kappa shape index (κ3) is 3.68. The largest absolute Gasteiger partial charge is 0.418 e. The van der Waals surface area contributed by atoms with Crippen molar-refractivity contribution in [3.63, 3.8) is 0 Å². The highest BCUT2D eigenvalue weighted by Crippen LogP contribution is 2.41. The zero-order valence-corrected chi connectivity index (χ0v) is 12.2. The molecule has 0 radical (unpaired) electrons. The van der Waals surface area contributed by atoms with Gasteiger partial charge in [-0.1, -0.05) is 32.9 Å². The number of nitrogens with one attached hydrogen (secondary N) is 1. The molecule has 2 unspecified atom stereocenters. The molecule has 0 spiro atoms. The van der Waals surface area contributed by atoms with E-state index < -0.39 is 11.7 Å². The van der Waals surface area contributed by atoms with Crippen LogP contribution < -0.4 is 5.32 Å². The van der Waals surface area contributed by atoms with Crippen LogP contribution in [0.25, 0.3) is 0 Å². The number of rotatable bonds is 2. The number of hydrogen-bond donors (Lipinski definition) is 1. The highest BCUT2D eigenvalue weighted by Gasteiger charge is 2.36. The zero-order valence-electron chi connectivity index (χ0n) is 12.2. The van der Waals surface area contributed by atoms with E-state index in [0.717, 1.165) is 25.3 Å². The maximum Gasteiger partial charge on any atom is 0.418 e. The summed E-state index contributed by atoms with van der Waals surface area (Å²) in [6.07, 6.45) is -1.34. The number of hydrogen-bond acceptors (Lipinski definition) is 1. The Hall–Kier alpha value is -1.19. The van der Waals surface area contributed by atoms with E-state index in [1.807, 2.05) is 0 Å². The molecule has 2 atom stereocenters. The molecular weight excluding hydrogens is 263 g/mol. The normalized spacial score (nSPS) is 26.3. The summed E-state index contributed by atoms with van der Waals surface area (Å²) < 4.78 is 39.0. The molecule has 1 aromatic carbocycles. The molecule has 112 valence electrons. The molecule has 0 bridgehead atoms. The molecule has 1 aliphatic rings. The Morgan fingerprint density at radius 2 is 1.80 bits per heavy atom. The quantitative estimate of drug-likeness (QED) is 0.774. The molecule has 1 fully saturated rings. The van der Waals surface area contributed by atoms with Gasteiger partial charge in [-0.2, -0.15) is 13.2 Å². The fourth-order valence-corrected chi connectivity index (χ4v) is 3.53. The van der Waals surface area contributed by atoms with Gasteiger partial charge in [0.25, 0.3) is 0 Å². The minimum absolute atomic E-state index is 0.109. The van der Waals surface area contributed by atoms with Crippen molar-refractivity contribution in [2.75, 3.05) is 5.32 Å². The molecule has 4 heteroatoms. The lowest BCUT2D eigenvalue weighted by Gasteiger charge is -2.40. The SMILES string of the molecule is CC1CC(Nc2ccccc2C(F)(F)F)CC(C)(C)C1. The molecule has 1 aliphatic carbocycles. The summed E-state index contributed by atoms with van der Waals surface area (Å²) in [4.78, 5) is 0. The maximum absolute atomic E-state index is 13.0. The molecule has 2 rings (SSSR count). The fourth-order valence-electron chi connectivity index (χ4n) is 3.53. The Bertz CT molecular complexity index is 465. The third-order valence-corrected chi connectivity index (χ3v) is 3.98. The van der Waals surface area contributed by atoms with Crippen molar-refractivity contribution in [1.82, 2.24) is 0 Å². The molecule has 1 aromatic rings. The highest BCUT2D eigenvalue weighted by atomic mass is 19.4. The van der Waals surface area contributed by atoms with Crippen LogP contribution >= 0.6 is 0 Å². The van der Waals surface area contributed by atoms with Gasteiger partial charge in [-0.15, -0.1) is 0 Å². The number of anilines is 1. The van der Waals surface area contributed by atoms with E-state index in [1.54, 1.807) is 6.07 Å². The molecule has 0 saturated heterocycles. The zero-order chi connectivity index (χ0) is 15.0. The Kier molecular flexibility index (Phi) is 4.03. The van der Waals surface area contributed by atoms with E-state index in [1.165, 1.54) is 12.1 Å². The Labute approximate surface area is 118 Å². The maximum atomic E-state index is 13.0. The van der Waals surface area contributed by atoms with Crippen LogP contribution in [0.15, 0.2) is 24.3 Å². The standard InChI is InChI=1S/C16H22F3N/c1-11-8-12(10-15(2,3)9-11)20-14-7-5-4-6-13(14)16(17,18)19/h4-7,11-12,20H,8-10H2,1-3H3. The first-order chi connectivity index (χ1) is 9.17. The first-order valence-corrected chi connectivity index (χ1v) is 7.10. The van der Waals surface area contributed by atoms with E-state index in [0.29, 0.717) is 5.92 Å². The van der Waals surface area contributed by atoms with Gasteiger partial charge in [-0.25, -0.2) is 0 Å². The van der Waals surface area contributed by atoms with E-state index in [4.69, 9.17) is 0 Å². The van der Waals surface area contributed by atoms with Crippen LogP contribution in [-0.4, -0.2) is 6.04 Å². The van der Waals surface area contributed by atoms with Crippen molar-refractivity contribution >= 4 is 5.69 Å². The third-order valence-electron chi connectivity index (χ3n) is 3.98. The summed E-state index contributed by atoms with van der Waals surface area (Å²) in [6, 6.07) is 5.85. The van der Waals surface area contributed by atoms with E-state index in [2.05, 4.69) is 26.1 Å². The molecule has 1 nitrogen and oxygen atoms in total. The van der Waals surface area contributed by atoms with Gasteiger partial charge in [0.15, 0.2) is 0 Å². The minimum Gasteiger partial charge on any atom is -0.382 e.